The maximum Gasteiger partial charge on any atom is 0.243 e. The van der Waals surface area contributed by atoms with Crippen LogP contribution < -0.4 is 5.73 Å². The highest BCUT2D eigenvalue weighted by atomic mass is 35.5. The van der Waals surface area contributed by atoms with Gasteiger partial charge < -0.3 is 5.73 Å². The Morgan fingerprint density at radius 2 is 1.89 bits per heavy atom. The predicted molar refractivity (Wildman–Crippen MR) is 104 cm³/mol. The van der Waals surface area contributed by atoms with E-state index >= 15 is 0 Å². The zero-order valence-corrected chi connectivity index (χ0v) is 17.6. The third-order valence-corrected chi connectivity index (χ3v) is 8.10. The van der Waals surface area contributed by atoms with Crippen LogP contribution in [0.25, 0.3) is 0 Å². The Kier molecular flexibility index (Phi) is 6.15. The highest BCUT2D eigenvalue weighted by molar-refractivity contribution is 7.89. The second kappa shape index (κ2) is 7.57. The first-order valence-corrected chi connectivity index (χ1v) is 11.8. The number of nitrogen functional groups attached to an aromatic ring is 1. The summed E-state index contributed by atoms with van der Waals surface area (Å²) in [4.78, 5) is 12.8. The molecule has 2 aliphatic rings. The Morgan fingerprint density at radius 1 is 1.22 bits per heavy atom. The molecule has 2 heterocycles. The molecule has 1 aromatic carbocycles. The molecule has 0 bridgehead atoms. The summed E-state index contributed by atoms with van der Waals surface area (Å²) in [5.41, 5.74) is 6.04. The molecule has 0 aliphatic carbocycles. The number of nitrogens with two attached hydrogens (primary N) is 1. The smallest absolute Gasteiger partial charge is 0.243 e. The van der Waals surface area contributed by atoms with Crippen LogP contribution in [0.3, 0.4) is 0 Å². The SMILES string of the molecule is CCC[C@H]1C(=O)N(S(C)(=O)=O)[C@H]2CCN(S(=O)(=O)c3cccc(N)c3)[C@H]12.Cl. The van der Waals surface area contributed by atoms with E-state index in [4.69, 9.17) is 5.73 Å². The summed E-state index contributed by atoms with van der Waals surface area (Å²) < 4.78 is 52.7. The van der Waals surface area contributed by atoms with Gasteiger partial charge in [-0.3, -0.25) is 4.79 Å². The first-order valence-electron chi connectivity index (χ1n) is 8.49. The number of anilines is 1. The minimum Gasteiger partial charge on any atom is -0.399 e. The van der Waals surface area contributed by atoms with Crippen LogP contribution in [-0.4, -0.2) is 56.2 Å². The third kappa shape index (κ3) is 3.67. The molecule has 3 rings (SSSR count). The summed E-state index contributed by atoms with van der Waals surface area (Å²) in [7, 11) is -7.63. The van der Waals surface area contributed by atoms with Gasteiger partial charge in [0.1, 0.15) is 0 Å². The van der Waals surface area contributed by atoms with Crippen molar-refractivity contribution < 1.29 is 21.6 Å². The molecule has 0 saturated carbocycles. The Hall–Kier alpha value is -1.36. The summed E-state index contributed by atoms with van der Waals surface area (Å²) in [6, 6.07) is 4.66. The van der Waals surface area contributed by atoms with E-state index in [1.165, 1.54) is 16.4 Å². The van der Waals surface area contributed by atoms with E-state index in [9.17, 15) is 21.6 Å². The highest BCUT2D eigenvalue weighted by Crippen LogP contribution is 2.42. The van der Waals surface area contributed by atoms with Crippen molar-refractivity contribution in [1.82, 2.24) is 8.61 Å². The van der Waals surface area contributed by atoms with Crippen molar-refractivity contribution in [2.75, 3.05) is 18.5 Å². The van der Waals surface area contributed by atoms with Crippen molar-refractivity contribution in [3.63, 3.8) is 0 Å². The lowest BCUT2D eigenvalue weighted by molar-refractivity contribution is -0.128. The van der Waals surface area contributed by atoms with Crippen molar-refractivity contribution >= 4 is 44.0 Å². The fourth-order valence-electron chi connectivity index (χ4n) is 4.07. The van der Waals surface area contributed by atoms with Crippen molar-refractivity contribution in [3.8, 4) is 0 Å². The first kappa shape index (κ1) is 21.9. The predicted octanol–water partition coefficient (Wildman–Crippen LogP) is 1.04. The molecule has 1 amide bonds. The second-order valence-electron chi connectivity index (χ2n) is 6.83. The molecule has 0 radical (unpaired) electrons. The molecule has 3 atom stereocenters. The summed E-state index contributed by atoms with van der Waals surface area (Å²) in [6.45, 7) is 2.06. The number of hydrogen-bond donors (Lipinski definition) is 1. The number of carbonyl (C=O) groups excluding carboxylic acids is 1. The molecule has 1 aromatic rings. The Bertz CT molecular complexity index is 935. The molecular formula is C16H24ClN3O5S2. The van der Waals surface area contributed by atoms with Gasteiger partial charge in [-0.2, -0.15) is 4.31 Å². The lowest BCUT2D eigenvalue weighted by atomic mass is 9.95. The van der Waals surface area contributed by atoms with Gasteiger partial charge in [0, 0.05) is 12.2 Å². The first-order chi connectivity index (χ1) is 12.1. The average molecular weight is 438 g/mol. The van der Waals surface area contributed by atoms with Crippen molar-refractivity contribution in [3.05, 3.63) is 24.3 Å². The Balaban J connectivity index is 0.00000261. The van der Waals surface area contributed by atoms with Crippen LogP contribution in [-0.2, 0) is 24.8 Å². The van der Waals surface area contributed by atoms with Crippen LogP contribution in [0.1, 0.15) is 26.2 Å². The van der Waals surface area contributed by atoms with Gasteiger partial charge in [-0.1, -0.05) is 19.4 Å². The summed E-state index contributed by atoms with van der Waals surface area (Å²) in [6.07, 6.45) is 2.38. The number of benzene rings is 1. The average Bonchev–Trinajstić information content (AvgIpc) is 3.06. The summed E-state index contributed by atoms with van der Waals surface area (Å²) in [5, 5.41) is 0. The normalized spacial score (nSPS) is 26.1. The van der Waals surface area contributed by atoms with Crippen LogP contribution in [0, 0.1) is 5.92 Å². The largest absolute Gasteiger partial charge is 0.399 e. The number of nitrogens with zero attached hydrogens (tertiary/aromatic N) is 2. The molecule has 0 spiro atoms. The number of hydrogen-bond acceptors (Lipinski definition) is 6. The van der Waals surface area contributed by atoms with Gasteiger partial charge >= 0.3 is 0 Å². The molecule has 2 saturated heterocycles. The van der Waals surface area contributed by atoms with Gasteiger partial charge in [0.15, 0.2) is 0 Å². The molecule has 8 nitrogen and oxygen atoms in total. The minimum absolute atomic E-state index is 0. The number of rotatable bonds is 5. The van der Waals surface area contributed by atoms with Crippen LogP contribution in [0.4, 0.5) is 5.69 Å². The molecular weight excluding hydrogens is 414 g/mol. The quantitative estimate of drug-likeness (QED) is 0.687. The van der Waals surface area contributed by atoms with Gasteiger partial charge in [-0.15, -0.1) is 12.4 Å². The lowest BCUT2D eigenvalue weighted by Gasteiger charge is -2.26. The zero-order chi connectivity index (χ0) is 19.3. The maximum absolute atomic E-state index is 13.1. The van der Waals surface area contributed by atoms with Crippen molar-refractivity contribution in [2.24, 2.45) is 5.92 Å². The monoisotopic (exact) mass is 437 g/mol. The van der Waals surface area contributed by atoms with Gasteiger partial charge in [0.25, 0.3) is 0 Å². The molecule has 0 aromatic heterocycles. The molecule has 27 heavy (non-hydrogen) atoms. The van der Waals surface area contributed by atoms with Gasteiger partial charge in [0.2, 0.25) is 26.0 Å². The lowest BCUT2D eigenvalue weighted by Crippen LogP contribution is -2.43. The highest BCUT2D eigenvalue weighted by Gasteiger charge is 2.58. The van der Waals surface area contributed by atoms with Crippen LogP contribution in [0.2, 0.25) is 0 Å². The van der Waals surface area contributed by atoms with Crippen LogP contribution in [0.15, 0.2) is 29.2 Å². The third-order valence-electron chi connectivity index (χ3n) is 5.04. The Morgan fingerprint density at radius 3 is 2.44 bits per heavy atom. The van der Waals surface area contributed by atoms with E-state index in [1.807, 2.05) is 6.92 Å². The molecule has 0 unspecified atom stereocenters. The Labute approximate surface area is 166 Å². The van der Waals surface area contributed by atoms with E-state index in [-0.39, 0.29) is 23.8 Å². The number of carbonyl (C=O) groups is 1. The van der Waals surface area contributed by atoms with E-state index in [0.29, 0.717) is 24.9 Å². The summed E-state index contributed by atoms with van der Waals surface area (Å²) in [5.74, 6) is -1.16. The zero-order valence-electron chi connectivity index (χ0n) is 15.1. The van der Waals surface area contributed by atoms with Crippen LogP contribution >= 0.6 is 12.4 Å². The van der Waals surface area contributed by atoms with Gasteiger partial charge in [0.05, 0.1) is 29.2 Å². The van der Waals surface area contributed by atoms with E-state index in [2.05, 4.69) is 0 Å². The van der Waals surface area contributed by atoms with Crippen LogP contribution in [0.5, 0.6) is 0 Å². The van der Waals surface area contributed by atoms with Crippen molar-refractivity contribution in [1.29, 1.82) is 0 Å². The molecule has 152 valence electrons. The number of halogens is 1. The standard InChI is InChI=1S/C16H23N3O5S2.ClH/c1-3-5-13-15-14(19(16(13)20)25(2,21)22)8-9-18(15)26(23,24)12-7-4-6-11(17)10-12;/h4,6-7,10,13-15H,3,5,8-9,17H2,1-2H3;1H/t13-,14+,15-;/m1./s1. The maximum atomic E-state index is 13.1. The van der Waals surface area contributed by atoms with E-state index in [1.54, 1.807) is 12.1 Å². The number of amides is 1. The van der Waals surface area contributed by atoms with Crippen molar-refractivity contribution in [2.45, 2.75) is 43.2 Å². The minimum atomic E-state index is -3.88. The molecule has 11 heteroatoms. The topological polar surface area (TPSA) is 118 Å². The van der Waals surface area contributed by atoms with Gasteiger partial charge in [-0.05, 0) is 31.0 Å². The number of fused-ring (bicyclic) bond motifs is 1. The van der Waals surface area contributed by atoms with Gasteiger partial charge in [-0.25, -0.2) is 21.1 Å². The van der Waals surface area contributed by atoms with E-state index < -0.39 is 44.0 Å². The van der Waals surface area contributed by atoms with E-state index in [0.717, 1.165) is 10.6 Å². The fourth-order valence-corrected chi connectivity index (χ4v) is 7.02. The summed E-state index contributed by atoms with van der Waals surface area (Å²) >= 11 is 0. The molecule has 2 aliphatic heterocycles. The second-order valence-corrected chi connectivity index (χ2v) is 10.6. The number of sulfonamides is 2. The molecule has 2 N–H and O–H groups in total. The molecule has 2 fully saturated rings. The fraction of sp³-hybridized carbons (Fsp3) is 0.562.